The lowest BCUT2D eigenvalue weighted by atomic mass is 9.64. The van der Waals surface area contributed by atoms with Crippen LogP contribution in [-0.2, 0) is 39.5 Å². The number of hydrogen-bond acceptors (Lipinski definition) is 8. The van der Waals surface area contributed by atoms with Gasteiger partial charge in [-0.05, 0) is 38.5 Å². The first kappa shape index (κ1) is 25.1. The Morgan fingerprint density at radius 1 is 1.23 bits per heavy atom. The second-order valence-electron chi connectivity index (χ2n) is 9.14. The van der Waals surface area contributed by atoms with Crippen LogP contribution in [0.4, 0.5) is 18.9 Å². The van der Waals surface area contributed by atoms with Gasteiger partial charge in [-0.25, -0.2) is 4.90 Å². The lowest BCUT2D eigenvalue weighted by Crippen LogP contribution is -2.49. The average molecular weight is 496 g/mol. The molecule has 3 saturated heterocycles. The van der Waals surface area contributed by atoms with Crippen molar-refractivity contribution in [2.75, 3.05) is 32.0 Å². The summed E-state index contributed by atoms with van der Waals surface area (Å²) in [6.45, 7) is 3.32. The zero-order valence-electron chi connectivity index (χ0n) is 19.2. The molecule has 35 heavy (non-hydrogen) atoms. The molecule has 1 unspecified atom stereocenters. The Labute approximate surface area is 198 Å². The molecule has 3 aliphatic heterocycles. The molecular weight excluding hydrogens is 473 g/mol. The van der Waals surface area contributed by atoms with Crippen molar-refractivity contribution in [3.8, 4) is 6.07 Å². The number of carbonyl (C=O) groups is 3. The molecule has 0 radical (unpaired) electrons. The van der Waals surface area contributed by atoms with Crippen LogP contribution in [0.5, 0.6) is 0 Å². The minimum Gasteiger partial charge on any atom is -0.438 e. The number of alkyl halides is 3. The summed E-state index contributed by atoms with van der Waals surface area (Å²) in [4.78, 5) is 40.3. The van der Waals surface area contributed by atoms with Crippen molar-refractivity contribution in [3.63, 3.8) is 0 Å². The van der Waals surface area contributed by atoms with Gasteiger partial charge in [0.05, 0.1) is 65.1 Å². The second-order valence-corrected chi connectivity index (χ2v) is 9.14. The zero-order valence-corrected chi connectivity index (χ0v) is 19.2. The summed E-state index contributed by atoms with van der Waals surface area (Å²) in [5, 5.41) is 9.03. The van der Waals surface area contributed by atoms with Gasteiger partial charge in [0, 0.05) is 7.11 Å². The number of anilines is 1. The first-order valence-electron chi connectivity index (χ1n) is 10.8. The van der Waals surface area contributed by atoms with Crippen molar-refractivity contribution in [2.45, 2.75) is 37.6 Å². The SMILES string of the molecule is COCCOCOC(=O)[C@@H]1C[C@@]2(C)O[C@]1(C)C1C(=O)N(c3ccc(C#N)c(C(F)(F)F)c3)C(=O)[C@@H]12. The highest BCUT2D eigenvalue weighted by Gasteiger charge is 2.77. The topological polar surface area (TPSA) is 115 Å². The van der Waals surface area contributed by atoms with E-state index in [0.717, 1.165) is 12.1 Å². The molecule has 3 fully saturated rings. The first-order chi connectivity index (χ1) is 16.4. The molecule has 3 heterocycles. The summed E-state index contributed by atoms with van der Waals surface area (Å²) in [5.74, 6) is -5.10. The van der Waals surface area contributed by atoms with E-state index in [-0.39, 0.29) is 25.5 Å². The Morgan fingerprint density at radius 2 is 1.91 bits per heavy atom. The van der Waals surface area contributed by atoms with Gasteiger partial charge in [0.15, 0.2) is 6.79 Å². The van der Waals surface area contributed by atoms with Crippen LogP contribution in [0.2, 0.25) is 0 Å². The number of esters is 1. The van der Waals surface area contributed by atoms with Gasteiger partial charge in [-0.1, -0.05) is 0 Å². The number of carbonyl (C=O) groups excluding carboxylic acids is 3. The minimum atomic E-state index is -4.86. The lowest BCUT2D eigenvalue weighted by molar-refractivity contribution is -0.169. The second kappa shape index (κ2) is 8.58. The highest BCUT2D eigenvalue weighted by Crippen LogP contribution is 2.63. The molecule has 2 bridgehead atoms. The molecule has 0 N–H and O–H groups in total. The number of ether oxygens (including phenoxy) is 4. The van der Waals surface area contributed by atoms with Crippen LogP contribution in [0.1, 0.15) is 31.4 Å². The molecule has 0 saturated carbocycles. The molecule has 2 amide bonds. The van der Waals surface area contributed by atoms with Gasteiger partial charge in [-0.2, -0.15) is 18.4 Å². The van der Waals surface area contributed by atoms with E-state index in [1.807, 2.05) is 0 Å². The Bertz CT molecular complexity index is 1120. The van der Waals surface area contributed by atoms with Crippen molar-refractivity contribution in [2.24, 2.45) is 17.8 Å². The third kappa shape index (κ3) is 3.87. The summed E-state index contributed by atoms with van der Waals surface area (Å²) in [6, 6.07) is 4.13. The lowest BCUT2D eigenvalue weighted by Gasteiger charge is -2.33. The van der Waals surface area contributed by atoms with E-state index in [2.05, 4.69) is 0 Å². The molecule has 12 heteroatoms. The van der Waals surface area contributed by atoms with Gasteiger partial charge in [-0.15, -0.1) is 0 Å². The number of rotatable bonds is 7. The molecule has 188 valence electrons. The van der Waals surface area contributed by atoms with Gasteiger partial charge >= 0.3 is 12.1 Å². The van der Waals surface area contributed by atoms with E-state index in [1.54, 1.807) is 6.92 Å². The summed E-state index contributed by atoms with van der Waals surface area (Å²) in [6.07, 6.45) is -4.77. The Kier molecular flexibility index (Phi) is 6.15. The highest BCUT2D eigenvalue weighted by atomic mass is 19.4. The van der Waals surface area contributed by atoms with Gasteiger partial charge in [-0.3, -0.25) is 14.4 Å². The maximum Gasteiger partial charge on any atom is 0.417 e. The molecule has 4 rings (SSSR count). The summed E-state index contributed by atoms with van der Waals surface area (Å²) < 4.78 is 61.6. The van der Waals surface area contributed by atoms with Crippen molar-refractivity contribution in [1.29, 1.82) is 5.26 Å². The molecule has 0 aliphatic carbocycles. The summed E-state index contributed by atoms with van der Waals surface area (Å²) >= 11 is 0. The molecule has 1 aromatic carbocycles. The van der Waals surface area contributed by atoms with E-state index in [1.165, 1.54) is 20.1 Å². The fourth-order valence-corrected chi connectivity index (χ4v) is 5.53. The average Bonchev–Trinajstić information content (AvgIpc) is 3.33. The fraction of sp³-hybridized carbons (Fsp3) is 0.565. The number of amides is 2. The standard InChI is InChI=1S/C23H23F3N2O7/c1-21-9-15(20(31)34-11-33-7-6-32-3)22(2,35-21)17-16(21)18(29)28(19(17)30)13-5-4-12(10-27)14(8-13)23(24,25)26/h4-5,8,15-17H,6-7,9,11H2,1-3H3/t15-,16+,17?,21+,22-/m0/s1. The maximum absolute atomic E-state index is 13.5. The van der Waals surface area contributed by atoms with Crippen LogP contribution in [0.15, 0.2) is 18.2 Å². The monoisotopic (exact) mass is 496 g/mol. The number of benzene rings is 1. The molecule has 3 aliphatic rings. The van der Waals surface area contributed by atoms with Crippen LogP contribution in [0.25, 0.3) is 0 Å². The van der Waals surface area contributed by atoms with Crippen molar-refractivity contribution < 1.29 is 46.5 Å². The molecule has 0 aromatic heterocycles. The Morgan fingerprint density at radius 3 is 2.54 bits per heavy atom. The molecule has 0 spiro atoms. The fourth-order valence-electron chi connectivity index (χ4n) is 5.53. The van der Waals surface area contributed by atoms with E-state index >= 15 is 0 Å². The first-order valence-corrected chi connectivity index (χ1v) is 10.8. The third-order valence-corrected chi connectivity index (χ3v) is 7.02. The molecular formula is C23H23F3N2O7. The maximum atomic E-state index is 13.5. The van der Waals surface area contributed by atoms with E-state index in [4.69, 9.17) is 24.2 Å². The number of halogens is 3. The van der Waals surface area contributed by atoms with E-state index in [9.17, 15) is 27.6 Å². The van der Waals surface area contributed by atoms with Crippen LogP contribution in [0, 0.1) is 29.1 Å². The van der Waals surface area contributed by atoms with Crippen LogP contribution < -0.4 is 4.90 Å². The minimum absolute atomic E-state index is 0.0929. The van der Waals surface area contributed by atoms with Gasteiger partial charge in [0.25, 0.3) is 0 Å². The third-order valence-electron chi connectivity index (χ3n) is 7.02. The normalized spacial score (nSPS) is 31.6. The highest BCUT2D eigenvalue weighted by molar-refractivity contribution is 6.23. The summed E-state index contributed by atoms with van der Waals surface area (Å²) in [7, 11) is 1.49. The molecule has 5 atom stereocenters. The van der Waals surface area contributed by atoms with Crippen LogP contribution >= 0.6 is 0 Å². The van der Waals surface area contributed by atoms with Crippen molar-refractivity contribution >= 4 is 23.5 Å². The van der Waals surface area contributed by atoms with E-state index < -0.39 is 64.0 Å². The number of hydrogen-bond donors (Lipinski definition) is 0. The number of nitriles is 1. The Hall–Kier alpha value is -3.01. The quantitative estimate of drug-likeness (QED) is 0.245. The molecule has 9 nitrogen and oxygen atoms in total. The van der Waals surface area contributed by atoms with Crippen LogP contribution in [0.3, 0.4) is 0 Å². The number of imide groups is 1. The predicted molar refractivity (Wildman–Crippen MR) is 110 cm³/mol. The summed E-state index contributed by atoms with van der Waals surface area (Å²) in [5.41, 5.74) is -4.76. The van der Waals surface area contributed by atoms with Gasteiger partial charge in [0.1, 0.15) is 0 Å². The van der Waals surface area contributed by atoms with Crippen LogP contribution in [-0.4, -0.2) is 56.1 Å². The van der Waals surface area contributed by atoms with Crippen molar-refractivity contribution in [3.05, 3.63) is 29.3 Å². The number of nitrogens with zero attached hydrogens (tertiary/aromatic N) is 2. The Balaban J connectivity index is 1.61. The number of fused-ring (bicyclic) bond motifs is 5. The predicted octanol–water partition coefficient (Wildman–Crippen LogP) is 2.41. The largest absolute Gasteiger partial charge is 0.438 e. The number of methoxy groups -OCH3 is 1. The zero-order chi connectivity index (χ0) is 25.8. The van der Waals surface area contributed by atoms with Crippen molar-refractivity contribution in [1.82, 2.24) is 0 Å². The van der Waals surface area contributed by atoms with Gasteiger partial charge in [0.2, 0.25) is 11.8 Å². The smallest absolute Gasteiger partial charge is 0.417 e. The molecule has 1 aromatic rings. The van der Waals surface area contributed by atoms with E-state index in [0.29, 0.717) is 17.6 Å². The van der Waals surface area contributed by atoms with Gasteiger partial charge < -0.3 is 18.9 Å².